The Morgan fingerprint density at radius 3 is 2.81 bits per heavy atom. The molecule has 1 aromatic rings. The summed E-state index contributed by atoms with van der Waals surface area (Å²) in [5.74, 6) is 0.341. The maximum Gasteiger partial charge on any atom is 0.158 e. The molecule has 16 heavy (non-hydrogen) atoms. The molecule has 0 aliphatic heterocycles. The number of rotatable bonds is 2. The van der Waals surface area contributed by atoms with Crippen LogP contribution in [0.5, 0.6) is 0 Å². The van der Waals surface area contributed by atoms with E-state index in [1.165, 1.54) is 11.1 Å². The lowest BCUT2D eigenvalue weighted by Gasteiger charge is -2.12. The Bertz CT molecular complexity index is 415. The van der Waals surface area contributed by atoms with Crippen molar-refractivity contribution in [2.75, 3.05) is 0 Å². The van der Waals surface area contributed by atoms with Gasteiger partial charge in [-0.05, 0) is 48.5 Å². The van der Waals surface area contributed by atoms with Gasteiger partial charge in [-0.2, -0.15) is 0 Å². The monoisotopic (exact) mass is 214 g/mol. The second-order valence-electron chi connectivity index (χ2n) is 4.40. The fourth-order valence-corrected chi connectivity index (χ4v) is 2.16. The van der Waals surface area contributed by atoms with Gasteiger partial charge in [0.2, 0.25) is 0 Å². The maximum atomic E-state index is 11.7. The van der Waals surface area contributed by atoms with Crippen LogP contribution in [-0.4, -0.2) is 5.78 Å². The topological polar surface area (TPSA) is 17.1 Å². The summed E-state index contributed by atoms with van der Waals surface area (Å²) in [6.07, 6.45) is 7.02. The number of ketones is 1. The molecule has 1 aliphatic carbocycles. The fourth-order valence-electron chi connectivity index (χ4n) is 2.16. The number of Topliss-reactive ketones (excluding diaryl/α,β-unsaturated/α-hetero) is 1. The highest BCUT2D eigenvalue weighted by Gasteiger charge is 2.14. The van der Waals surface area contributed by atoms with E-state index in [2.05, 4.69) is 37.3 Å². The summed E-state index contributed by atoms with van der Waals surface area (Å²) in [6, 6.07) is 8.45. The molecule has 1 nitrogen and oxygen atoms in total. The van der Waals surface area contributed by atoms with Gasteiger partial charge in [0, 0.05) is 6.42 Å². The molecule has 0 heterocycles. The van der Waals surface area contributed by atoms with E-state index >= 15 is 0 Å². The molecule has 2 rings (SSSR count). The van der Waals surface area contributed by atoms with E-state index in [9.17, 15) is 4.79 Å². The summed E-state index contributed by atoms with van der Waals surface area (Å²) in [7, 11) is 0. The minimum Gasteiger partial charge on any atom is -0.295 e. The molecule has 1 aromatic carbocycles. The molecular formula is C15H18O. The van der Waals surface area contributed by atoms with Gasteiger partial charge < -0.3 is 0 Å². The lowest BCUT2D eigenvalue weighted by atomic mass is 9.92. The number of aryl methyl sites for hydroxylation is 1. The lowest BCUT2D eigenvalue weighted by Crippen LogP contribution is -2.07. The van der Waals surface area contributed by atoms with Crippen LogP contribution < -0.4 is 0 Å². The molecule has 0 aromatic heterocycles. The van der Waals surface area contributed by atoms with Crippen molar-refractivity contribution in [2.45, 2.75) is 39.0 Å². The summed E-state index contributed by atoms with van der Waals surface area (Å²) < 4.78 is 0. The SMILES string of the molecule is CCc1cccc(/C=C2/CCCCC2=O)c1. The molecule has 84 valence electrons. The predicted octanol–water partition coefficient (Wildman–Crippen LogP) is 3.78. The highest BCUT2D eigenvalue weighted by molar-refractivity contribution is 6.00. The first-order chi connectivity index (χ1) is 7.79. The number of hydrogen-bond acceptors (Lipinski definition) is 1. The molecule has 1 aliphatic rings. The van der Waals surface area contributed by atoms with E-state index in [0.29, 0.717) is 5.78 Å². The summed E-state index contributed by atoms with van der Waals surface area (Å²) in [5, 5.41) is 0. The number of carbonyl (C=O) groups is 1. The van der Waals surface area contributed by atoms with Crippen LogP contribution in [0.3, 0.4) is 0 Å². The van der Waals surface area contributed by atoms with Gasteiger partial charge in [-0.25, -0.2) is 0 Å². The summed E-state index contributed by atoms with van der Waals surface area (Å²) in [4.78, 5) is 11.7. The minimum absolute atomic E-state index is 0.341. The third-order valence-corrected chi connectivity index (χ3v) is 3.16. The average Bonchev–Trinajstić information content (AvgIpc) is 2.32. The fraction of sp³-hybridized carbons (Fsp3) is 0.400. The second kappa shape index (κ2) is 5.11. The molecule has 0 radical (unpaired) electrons. The van der Waals surface area contributed by atoms with Crippen LogP contribution in [0.4, 0.5) is 0 Å². The highest BCUT2D eigenvalue weighted by atomic mass is 16.1. The van der Waals surface area contributed by atoms with E-state index in [-0.39, 0.29) is 0 Å². The Morgan fingerprint density at radius 2 is 2.06 bits per heavy atom. The van der Waals surface area contributed by atoms with Crippen molar-refractivity contribution in [3.8, 4) is 0 Å². The predicted molar refractivity (Wildman–Crippen MR) is 67.3 cm³/mol. The van der Waals surface area contributed by atoms with Gasteiger partial charge in [0.15, 0.2) is 5.78 Å². The first kappa shape index (κ1) is 11.1. The standard InChI is InChI=1S/C15H18O/c1-2-12-6-5-7-13(10-12)11-14-8-3-4-9-15(14)16/h5-7,10-11H,2-4,8-9H2,1H3/b14-11-. The van der Waals surface area contributed by atoms with Crippen molar-refractivity contribution >= 4 is 11.9 Å². The van der Waals surface area contributed by atoms with Crippen molar-refractivity contribution < 1.29 is 4.79 Å². The van der Waals surface area contributed by atoms with Gasteiger partial charge in [-0.1, -0.05) is 31.2 Å². The molecule has 1 heteroatoms. The zero-order valence-corrected chi connectivity index (χ0v) is 9.83. The number of hydrogen-bond donors (Lipinski definition) is 0. The van der Waals surface area contributed by atoms with Gasteiger partial charge in [-0.15, -0.1) is 0 Å². The van der Waals surface area contributed by atoms with Crippen molar-refractivity contribution in [3.05, 3.63) is 41.0 Å². The Kier molecular flexibility index (Phi) is 3.55. The molecule has 1 fully saturated rings. The first-order valence-electron chi connectivity index (χ1n) is 6.12. The largest absolute Gasteiger partial charge is 0.295 e. The molecule has 0 N–H and O–H groups in total. The quantitative estimate of drug-likeness (QED) is 0.685. The average molecular weight is 214 g/mol. The van der Waals surface area contributed by atoms with E-state index in [1.54, 1.807) is 0 Å². The lowest BCUT2D eigenvalue weighted by molar-refractivity contribution is -0.116. The summed E-state index contributed by atoms with van der Waals surface area (Å²) >= 11 is 0. The molecule has 0 amide bonds. The second-order valence-corrected chi connectivity index (χ2v) is 4.40. The molecule has 0 atom stereocenters. The van der Waals surface area contributed by atoms with Crippen LogP contribution >= 0.6 is 0 Å². The molecule has 0 saturated heterocycles. The van der Waals surface area contributed by atoms with Crippen LogP contribution in [0.2, 0.25) is 0 Å². The molecule has 0 unspecified atom stereocenters. The van der Waals surface area contributed by atoms with Gasteiger partial charge in [0.1, 0.15) is 0 Å². The van der Waals surface area contributed by atoms with Gasteiger partial charge in [0.05, 0.1) is 0 Å². The van der Waals surface area contributed by atoms with Gasteiger partial charge in [-0.3, -0.25) is 4.79 Å². The van der Waals surface area contributed by atoms with E-state index in [1.807, 2.05) is 0 Å². The smallest absolute Gasteiger partial charge is 0.158 e. The van der Waals surface area contributed by atoms with E-state index in [0.717, 1.165) is 37.7 Å². The Labute approximate surface area is 97.2 Å². The van der Waals surface area contributed by atoms with Crippen LogP contribution in [0.25, 0.3) is 6.08 Å². The van der Waals surface area contributed by atoms with Crippen LogP contribution in [0.1, 0.15) is 43.7 Å². The van der Waals surface area contributed by atoms with E-state index in [4.69, 9.17) is 0 Å². The summed E-state index contributed by atoms with van der Waals surface area (Å²) in [6.45, 7) is 2.15. The molecule has 0 spiro atoms. The Hall–Kier alpha value is -1.37. The minimum atomic E-state index is 0.341. The van der Waals surface area contributed by atoms with E-state index < -0.39 is 0 Å². The number of benzene rings is 1. The van der Waals surface area contributed by atoms with Crippen molar-refractivity contribution in [2.24, 2.45) is 0 Å². The Balaban J connectivity index is 2.23. The first-order valence-corrected chi connectivity index (χ1v) is 6.12. The maximum absolute atomic E-state index is 11.7. The molecule has 0 bridgehead atoms. The third kappa shape index (κ3) is 2.60. The van der Waals surface area contributed by atoms with Crippen molar-refractivity contribution in [3.63, 3.8) is 0 Å². The zero-order valence-electron chi connectivity index (χ0n) is 9.83. The third-order valence-electron chi connectivity index (χ3n) is 3.16. The zero-order chi connectivity index (χ0) is 11.4. The van der Waals surface area contributed by atoms with Crippen molar-refractivity contribution in [1.82, 2.24) is 0 Å². The normalized spacial score (nSPS) is 19.1. The van der Waals surface area contributed by atoms with Crippen LogP contribution in [-0.2, 0) is 11.2 Å². The van der Waals surface area contributed by atoms with Gasteiger partial charge in [0.25, 0.3) is 0 Å². The highest BCUT2D eigenvalue weighted by Crippen LogP contribution is 2.22. The molecule has 1 saturated carbocycles. The van der Waals surface area contributed by atoms with Crippen LogP contribution in [0.15, 0.2) is 29.8 Å². The number of carbonyl (C=O) groups excluding carboxylic acids is 1. The van der Waals surface area contributed by atoms with Crippen molar-refractivity contribution in [1.29, 1.82) is 0 Å². The van der Waals surface area contributed by atoms with Crippen LogP contribution in [0, 0.1) is 0 Å². The Morgan fingerprint density at radius 1 is 1.25 bits per heavy atom. The van der Waals surface area contributed by atoms with Gasteiger partial charge >= 0.3 is 0 Å². The summed E-state index contributed by atoms with van der Waals surface area (Å²) in [5.41, 5.74) is 3.52. The molecular weight excluding hydrogens is 196 g/mol. The number of allylic oxidation sites excluding steroid dienone is 1.